The number of hydrazone groups is 1. The highest BCUT2D eigenvalue weighted by Gasteiger charge is 2.18. The largest absolute Gasteiger partial charge is 0.282 e. The highest BCUT2D eigenvalue weighted by Crippen LogP contribution is 2.17. The van der Waals surface area contributed by atoms with Gasteiger partial charge in [-0.05, 0) is 30.7 Å². The van der Waals surface area contributed by atoms with Gasteiger partial charge in [0.05, 0.1) is 10.6 Å². The molecule has 112 valence electrons. The molecule has 2 rings (SSSR count). The molecule has 0 saturated carbocycles. The van der Waals surface area contributed by atoms with Crippen LogP contribution in [0, 0.1) is 15.9 Å². The van der Waals surface area contributed by atoms with E-state index in [1.807, 2.05) is 0 Å². The van der Waals surface area contributed by atoms with Gasteiger partial charge in [0.2, 0.25) is 0 Å². The molecule has 0 radical (unpaired) electrons. The summed E-state index contributed by atoms with van der Waals surface area (Å²) in [4.78, 5) is 22.2. The zero-order valence-electron chi connectivity index (χ0n) is 11.6. The van der Waals surface area contributed by atoms with Gasteiger partial charge in [-0.15, -0.1) is 0 Å². The average molecular weight is 301 g/mol. The number of carbonyl (C=O) groups is 1. The van der Waals surface area contributed by atoms with E-state index in [1.54, 1.807) is 6.92 Å². The van der Waals surface area contributed by atoms with Gasteiger partial charge < -0.3 is 0 Å². The summed E-state index contributed by atoms with van der Waals surface area (Å²) in [6.07, 6.45) is 0. The third-order valence-corrected chi connectivity index (χ3v) is 2.93. The highest BCUT2D eigenvalue weighted by atomic mass is 19.1. The molecular formula is C15H12FN3O3. The molecule has 7 heteroatoms. The number of carbonyl (C=O) groups excluding carboxylic acids is 1. The van der Waals surface area contributed by atoms with E-state index in [-0.39, 0.29) is 17.1 Å². The van der Waals surface area contributed by atoms with Crippen LogP contribution in [0.15, 0.2) is 53.6 Å². The molecule has 0 aliphatic carbocycles. The lowest BCUT2D eigenvalue weighted by molar-refractivity contribution is -0.385. The number of nitrogens with one attached hydrogen (secondary N) is 1. The number of benzene rings is 2. The molecule has 22 heavy (non-hydrogen) atoms. The number of nitrogens with zero attached hydrogens (tertiary/aromatic N) is 2. The Morgan fingerprint density at radius 2 is 1.82 bits per heavy atom. The summed E-state index contributed by atoms with van der Waals surface area (Å²) < 4.78 is 12.8. The molecule has 0 saturated heterocycles. The summed E-state index contributed by atoms with van der Waals surface area (Å²) in [6.45, 7) is 1.63. The van der Waals surface area contributed by atoms with Crippen LogP contribution >= 0.6 is 0 Å². The van der Waals surface area contributed by atoms with Gasteiger partial charge in [0, 0.05) is 6.07 Å². The minimum absolute atomic E-state index is 0.0804. The normalized spacial score (nSPS) is 11.1. The van der Waals surface area contributed by atoms with E-state index < -0.39 is 10.8 Å². The lowest BCUT2D eigenvalue weighted by Gasteiger charge is -2.03. The Labute approximate surface area is 125 Å². The van der Waals surface area contributed by atoms with Gasteiger partial charge >= 0.3 is 0 Å². The van der Waals surface area contributed by atoms with E-state index in [9.17, 15) is 19.3 Å². The molecule has 2 aromatic carbocycles. The van der Waals surface area contributed by atoms with Crippen molar-refractivity contribution in [3.05, 3.63) is 75.6 Å². The smallest absolute Gasteiger partial charge is 0.267 e. The van der Waals surface area contributed by atoms with Crippen molar-refractivity contribution >= 4 is 17.3 Å². The number of amides is 1. The van der Waals surface area contributed by atoms with E-state index in [1.165, 1.54) is 48.5 Å². The minimum Gasteiger partial charge on any atom is -0.267 e. The van der Waals surface area contributed by atoms with Gasteiger partial charge in [0.15, 0.2) is 0 Å². The van der Waals surface area contributed by atoms with Crippen LogP contribution < -0.4 is 5.43 Å². The summed E-state index contributed by atoms with van der Waals surface area (Å²) in [5, 5.41) is 14.7. The molecule has 2 aromatic rings. The fourth-order valence-corrected chi connectivity index (χ4v) is 1.78. The van der Waals surface area contributed by atoms with Crippen molar-refractivity contribution in [2.75, 3.05) is 0 Å². The Morgan fingerprint density at radius 3 is 2.45 bits per heavy atom. The molecule has 0 aliphatic rings. The van der Waals surface area contributed by atoms with Crippen molar-refractivity contribution in [2.24, 2.45) is 5.10 Å². The van der Waals surface area contributed by atoms with Crippen molar-refractivity contribution < 1.29 is 14.1 Å². The van der Waals surface area contributed by atoms with Crippen molar-refractivity contribution in [1.82, 2.24) is 5.43 Å². The summed E-state index contributed by atoms with van der Waals surface area (Å²) in [5.41, 5.74) is 2.96. The van der Waals surface area contributed by atoms with E-state index in [4.69, 9.17) is 0 Å². The maximum atomic E-state index is 12.8. The van der Waals surface area contributed by atoms with Crippen LogP contribution in [0.4, 0.5) is 10.1 Å². The van der Waals surface area contributed by atoms with E-state index in [0.29, 0.717) is 11.3 Å². The molecule has 0 aromatic heterocycles. The lowest BCUT2D eigenvalue weighted by atomic mass is 10.1. The number of hydrogen-bond acceptors (Lipinski definition) is 4. The Kier molecular flexibility index (Phi) is 4.57. The van der Waals surface area contributed by atoms with E-state index in [2.05, 4.69) is 10.5 Å². The van der Waals surface area contributed by atoms with Crippen LogP contribution in [0.3, 0.4) is 0 Å². The van der Waals surface area contributed by atoms with Crippen LogP contribution in [0.5, 0.6) is 0 Å². The molecule has 0 aliphatic heterocycles. The number of rotatable bonds is 4. The quantitative estimate of drug-likeness (QED) is 0.535. The lowest BCUT2D eigenvalue weighted by Crippen LogP contribution is -2.20. The van der Waals surface area contributed by atoms with Crippen molar-refractivity contribution in [1.29, 1.82) is 0 Å². The van der Waals surface area contributed by atoms with Crippen molar-refractivity contribution in [3.63, 3.8) is 0 Å². The SMILES string of the molecule is C/C(=N\NC(=O)c1ccccc1[N+](=O)[O-])c1ccc(F)cc1. The maximum Gasteiger partial charge on any atom is 0.282 e. The topological polar surface area (TPSA) is 84.6 Å². The number of nitro groups is 1. The molecule has 0 bridgehead atoms. The monoisotopic (exact) mass is 301 g/mol. The number of halogens is 1. The van der Waals surface area contributed by atoms with Gasteiger partial charge in [-0.25, -0.2) is 9.82 Å². The third-order valence-electron chi connectivity index (χ3n) is 2.93. The average Bonchev–Trinajstić information content (AvgIpc) is 2.53. The molecule has 1 N–H and O–H groups in total. The van der Waals surface area contributed by atoms with Crippen molar-refractivity contribution in [2.45, 2.75) is 6.92 Å². The molecule has 0 fully saturated rings. The van der Waals surface area contributed by atoms with E-state index >= 15 is 0 Å². The van der Waals surface area contributed by atoms with Gasteiger partial charge in [0.25, 0.3) is 11.6 Å². The molecule has 0 heterocycles. The number of para-hydroxylation sites is 1. The zero-order valence-corrected chi connectivity index (χ0v) is 11.6. The van der Waals surface area contributed by atoms with Crippen LogP contribution in [-0.2, 0) is 0 Å². The molecule has 1 amide bonds. The first kappa shape index (κ1) is 15.3. The first-order chi connectivity index (χ1) is 10.5. The highest BCUT2D eigenvalue weighted by molar-refractivity contribution is 6.02. The maximum absolute atomic E-state index is 12.8. The number of hydrogen-bond donors (Lipinski definition) is 1. The second kappa shape index (κ2) is 6.57. The minimum atomic E-state index is -0.686. The Bertz CT molecular complexity index is 742. The summed E-state index contributed by atoms with van der Waals surface area (Å²) in [6, 6.07) is 11.2. The second-order valence-corrected chi connectivity index (χ2v) is 4.42. The predicted molar refractivity (Wildman–Crippen MR) is 79.2 cm³/mol. The zero-order chi connectivity index (χ0) is 16.1. The van der Waals surface area contributed by atoms with Gasteiger partial charge in [-0.1, -0.05) is 24.3 Å². The standard InChI is InChI=1S/C15H12FN3O3/c1-10(11-6-8-12(16)9-7-11)17-18-15(20)13-4-2-3-5-14(13)19(21)22/h2-9H,1H3,(H,18,20)/b17-10+. The van der Waals surface area contributed by atoms with Crippen LogP contribution in [0.1, 0.15) is 22.8 Å². The molecular weight excluding hydrogens is 289 g/mol. The molecule has 0 spiro atoms. The fraction of sp³-hybridized carbons (Fsp3) is 0.0667. The predicted octanol–water partition coefficient (Wildman–Crippen LogP) is 2.89. The fourth-order valence-electron chi connectivity index (χ4n) is 1.78. The number of nitro benzene ring substituents is 1. The van der Waals surface area contributed by atoms with Gasteiger partial charge in [-0.3, -0.25) is 14.9 Å². The Hall–Kier alpha value is -3.09. The Balaban J connectivity index is 2.17. The second-order valence-electron chi connectivity index (χ2n) is 4.42. The van der Waals surface area contributed by atoms with E-state index in [0.717, 1.165) is 0 Å². The van der Waals surface area contributed by atoms with Crippen LogP contribution in [-0.4, -0.2) is 16.5 Å². The van der Waals surface area contributed by atoms with Crippen LogP contribution in [0.2, 0.25) is 0 Å². The van der Waals surface area contributed by atoms with Crippen LogP contribution in [0.25, 0.3) is 0 Å². The first-order valence-electron chi connectivity index (χ1n) is 6.33. The Morgan fingerprint density at radius 1 is 1.18 bits per heavy atom. The van der Waals surface area contributed by atoms with Gasteiger partial charge in [-0.2, -0.15) is 5.10 Å². The summed E-state index contributed by atoms with van der Waals surface area (Å²) in [5.74, 6) is -1.06. The molecule has 0 atom stereocenters. The summed E-state index contributed by atoms with van der Waals surface area (Å²) >= 11 is 0. The van der Waals surface area contributed by atoms with Gasteiger partial charge in [0.1, 0.15) is 11.4 Å². The third kappa shape index (κ3) is 3.51. The first-order valence-corrected chi connectivity index (χ1v) is 6.33. The molecule has 6 nitrogen and oxygen atoms in total. The van der Waals surface area contributed by atoms with Crippen molar-refractivity contribution in [3.8, 4) is 0 Å². The molecule has 0 unspecified atom stereocenters. The summed E-state index contributed by atoms with van der Waals surface area (Å²) in [7, 11) is 0.